The molecule has 3 rings (SSSR count). The van der Waals surface area contributed by atoms with Gasteiger partial charge in [0.1, 0.15) is 12.6 Å². The minimum absolute atomic E-state index is 0.0203. The molecule has 0 saturated heterocycles. The van der Waals surface area contributed by atoms with Crippen LogP contribution < -0.4 is 9.62 Å². The quantitative estimate of drug-likeness (QED) is 0.234. The van der Waals surface area contributed by atoms with Crippen molar-refractivity contribution in [2.24, 2.45) is 0 Å². The minimum atomic E-state index is -4.17. The van der Waals surface area contributed by atoms with Gasteiger partial charge in [-0.1, -0.05) is 71.9 Å². The fourth-order valence-electron chi connectivity index (χ4n) is 3.95. The zero-order chi connectivity index (χ0) is 29.4. The second-order valence-corrected chi connectivity index (χ2v) is 12.5. The molecule has 0 spiro atoms. The molecular formula is C29H32Cl3N3O4S. The maximum absolute atomic E-state index is 14.0. The van der Waals surface area contributed by atoms with E-state index in [4.69, 9.17) is 34.8 Å². The Kier molecular flexibility index (Phi) is 11.3. The summed E-state index contributed by atoms with van der Waals surface area (Å²) in [5.41, 5.74) is 1.58. The van der Waals surface area contributed by atoms with Crippen molar-refractivity contribution in [2.45, 2.75) is 51.1 Å². The SMILES string of the molecule is CCCCNC(=O)[C@H](C)N(Cc1c(Cl)cccc1Cl)C(=O)CN(c1ccc(Cl)cc1)S(=O)(=O)c1ccc(C)cc1. The number of unbranched alkanes of at least 4 members (excludes halogenated alkanes) is 1. The van der Waals surface area contributed by atoms with Crippen LogP contribution in [0.5, 0.6) is 0 Å². The summed E-state index contributed by atoms with van der Waals surface area (Å²) in [7, 11) is -4.17. The highest BCUT2D eigenvalue weighted by Gasteiger charge is 2.33. The smallest absolute Gasteiger partial charge is 0.264 e. The van der Waals surface area contributed by atoms with Crippen LogP contribution in [0, 0.1) is 6.92 Å². The second kappa shape index (κ2) is 14.2. The lowest BCUT2D eigenvalue weighted by molar-refractivity contribution is -0.139. The van der Waals surface area contributed by atoms with Gasteiger partial charge in [0.25, 0.3) is 10.0 Å². The molecule has 2 amide bonds. The molecule has 0 heterocycles. The summed E-state index contributed by atoms with van der Waals surface area (Å²) < 4.78 is 28.7. The van der Waals surface area contributed by atoms with E-state index in [1.807, 2.05) is 13.8 Å². The van der Waals surface area contributed by atoms with Crippen LogP contribution in [0.1, 0.15) is 37.8 Å². The number of anilines is 1. The van der Waals surface area contributed by atoms with E-state index in [0.717, 1.165) is 22.7 Å². The molecule has 3 aromatic rings. The van der Waals surface area contributed by atoms with E-state index in [9.17, 15) is 18.0 Å². The number of carbonyl (C=O) groups excluding carboxylic acids is 2. The van der Waals surface area contributed by atoms with Gasteiger partial charge in [0.15, 0.2) is 0 Å². The van der Waals surface area contributed by atoms with Crippen LogP contribution in [0.3, 0.4) is 0 Å². The Hall–Kier alpha value is -2.78. The Bertz CT molecular complexity index is 1410. The van der Waals surface area contributed by atoms with Gasteiger partial charge in [0, 0.05) is 33.7 Å². The Labute approximate surface area is 251 Å². The number of benzene rings is 3. The predicted molar refractivity (Wildman–Crippen MR) is 162 cm³/mol. The number of sulfonamides is 1. The first-order valence-electron chi connectivity index (χ1n) is 12.8. The summed E-state index contributed by atoms with van der Waals surface area (Å²) in [5.74, 6) is -0.982. The van der Waals surface area contributed by atoms with E-state index in [-0.39, 0.29) is 23.0 Å². The second-order valence-electron chi connectivity index (χ2n) is 9.34. The van der Waals surface area contributed by atoms with Gasteiger partial charge in [-0.15, -0.1) is 0 Å². The molecule has 0 aliphatic carbocycles. The van der Waals surface area contributed by atoms with Gasteiger partial charge in [0.2, 0.25) is 11.8 Å². The molecule has 0 fully saturated rings. The molecule has 0 radical (unpaired) electrons. The monoisotopic (exact) mass is 623 g/mol. The lowest BCUT2D eigenvalue weighted by atomic mass is 10.1. The molecule has 1 atom stereocenters. The average Bonchev–Trinajstić information content (AvgIpc) is 2.92. The number of nitrogens with one attached hydrogen (secondary N) is 1. The average molecular weight is 625 g/mol. The minimum Gasteiger partial charge on any atom is -0.354 e. The van der Waals surface area contributed by atoms with Gasteiger partial charge < -0.3 is 10.2 Å². The molecule has 0 aliphatic rings. The summed E-state index contributed by atoms with van der Waals surface area (Å²) in [5, 5.41) is 3.90. The predicted octanol–water partition coefficient (Wildman–Crippen LogP) is 6.48. The van der Waals surface area contributed by atoms with E-state index in [0.29, 0.717) is 27.2 Å². The number of aryl methyl sites for hydroxylation is 1. The molecule has 7 nitrogen and oxygen atoms in total. The summed E-state index contributed by atoms with van der Waals surface area (Å²) in [4.78, 5) is 28.3. The third kappa shape index (κ3) is 7.91. The van der Waals surface area contributed by atoms with E-state index in [1.165, 1.54) is 29.2 Å². The Balaban J connectivity index is 2.03. The van der Waals surface area contributed by atoms with Crippen molar-refractivity contribution >= 4 is 62.3 Å². The van der Waals surface area contributed by atoms with Gasteiger partial charge in [-0.2, -0.15) is 0 Å². The van der Waals surface area contributed by atoms with E-state index in [1.54, 1.807) is 49.4 Å². The number of nitrogens with zero attached hydrogens (tertiary/aromatic N) is 2. The number of hydrogen-bond donors (Lipinski definition) is 1. The summed E-state index contributed by atoms with van der Waals surface area (Å²) in [6, 6.07) is 16.5. The lowest BCUT2D eigenvalue weighted by Crippen LogP contribution is -2.51. The zero-order valence-corrected chi connectivity index (χ0v) is 25.6. The normalized spacial score (nSPS) is 12.1. The molecule has 0 unspecified atom stereocenters. The van der Waals surface area contributed by atoms with Crippen molar-refractivity contribution in [2.75, 3.05) is 17.4 Å². The van der Waals surface area contributed by atoms with Crippen LogP contribution in [-0.2, 0) is 26.2 Å². The van der Waals surface area contributed by atoms with Crippen LogP contribution in [0.4, 0.5) is 5.69 Å². The molecular weight excluding hydrogens is 593 g/mol. The number of carbonyl (C=O) groups is 2. The lowest BCUT2D eigenvalue weighted by Gasteiger charge is -2.32. The van der Waals surface area contributed by atoms with Crippen LogP contribution in [0.2, 0.25) is 15.1 Å². The van der Waals surface area contributed by atoms with Gasteiger partial charge in [0.05, 0.1) is 10.6 Å². The highest BCUT2D eigenvalue weighted by Crippen LogP contribution is 2.29. The largest absolute Gasteiger partial charge is 0.354 e. The molecule has 1 N–H and O–H groups in total. The van der Waals surface area contributed by atoms with Gasteiger partial charge in [-0.3, -0.25) is 13.9 Å². The van der Waals surface area contributed by atoms with Gasteiger partial charge >= 0.3 is 0 Å². The molecule has 0 aromatic heterocycles. The first-order chi connectivity index (χ1) is 18.9. The van der Waals surface area contributed by atoms with Crippen molar-refractivity contribution in [3.63, 3.8) is 0 Å². The maximum atomic E-state index is 14.0. The Morgan fingerprint density at radius 2 is 1.52 bits per heavy atom. The third-order valence-corrected chi connectivity index (χ3v) is 9.14. The third-order valence-electron chi connectivity index (χ3n) is 6.39. The summed E-state index contributed by atoms with van der Waals surface area (Å²) >= 11 is 18.9. The first kappa shape index (κ1) is 31.7. The molecule has 0 saturated carbocycles. The summed E-state index contributed by atoms with van der Waals surface area (Å²) in [6.07, 6.45) is 1.67. The van der Waals surface area contributed by atoms with Crippen molar-refractivity contribution < 1.29 is 18.0 Å². The highest BCUT2D eigenvalue weighted by atomic mass is 35.5. The van der Waals surface area contributed by atoms with E-state index in [2.05, 4.69) is 5.32 Å². The fraction of sp³-hybridized carbons (Fsp3) is 0.310. The maximum Gasteiger partial charge on any atom is 0.264 e. The summed E-state index contributed by atoms with van der Waals surface area (Å²) in [6.45, 7) is 5.22. The fourth-order valence-corrected chi connectivity index (χ4v) is 6.00. The topological polar surface area (TPSA) is 86.8 Å². The highest BCUT2D eigenvalue weighted by molar-refractivity contribution is 7.92. The van der Waals surface area contributed by atoms with Crippen LogP contribution in [0.25, 0.3) is 0 Å². The first-order valence-corrected chi connectivity index (χ1v) is 15.4. The van der Waals surface area contributed by atoms with Gasteiger partial charge in [-0.25, -0.2) is 8.42 Å². The molecule has 11 heteroatoms. The van der Waals surface area contributed by atoms with Crippen molar-refractivity contribution in [1.82, 2.24) is 10.2 Å². The molecule has 214 valence electrons. The molecule has 3 aromatic carbocycles. The van der Waals surface area contributed by atoms with Crippen LogP contribution in [-0.4, -0.2) is 44.3 Å². The Morgan fingerprint density at radius 3 is 2.10 bits per heavy atom. The van der Waals surface area contributed by atoms with E-state index < -0.39 is 28.5 Å². The number of rotatable bonds is 12. The van der Waals surface area contributed by atoms with Gasteiger partial charge in [-0.05, 0) is 68.8 Å². The number of amides is 2. The van der Waals surface area contributed by atoms with Crippen LogP contribution in [0.15, 0.2) is 71.6 Å². The number of hydrogen-bond acceptors (Lipinski definition) is 4. The zero-order valence-electron chi connectivity index (χ0n) is 22.5. The number of halogens is 3. The Morgan fingerprint density at radius 1 is 0.925 bits per heavy atom. The standard InChI is InChI=1S/C29H32Cl3N3O4S/c1-4-5-17-33-29(37)21(3)34(18-25-26(31)7-6-8-27(25)32)28(36)19-35(23-13-11-22(30)12-14-23)40(38,39)24-15-9-20(2)10-16-24/h6-16,21H,4-5,17-19H2,1-3H3,(H,33,37)/t21-/m0/s1. The van der Waals surface area contributed by atoms with Crippen molar-refractivity contribution in [1.29, 1.82) is 0 Å². The molecule has 40 heavy (non-hydrogen) atoms. The van der Waals surface area contributed by atoms with Crippen LogP contribution >= 0.6 is 34.8 Å². The molecule has 0 aliphatic heterocycles. The van der Waals surface area contributed by atoms with E-state index >= 15 is 0 Å². The van der Waals surface area contributed by atoms with Crippen molar-refractivity contribution in [3.05, 3.63) is 92.9 Å². The van der Waals surface area contributed by atoms with Crippen molar-refractivity contribution in [3.8, 4) is 0 Å². The molecule has 0 bridgehead atoms.